The molecular formula is C15H15FN2O2. The van der Waals surface area contributed by atoms with Gasteiger partial charge < -0.3 is 15.7 Å². The van der Waals surface area contributed by atoms with Crippen LogP contribution in [0.15, 0.2) is 42.5 Å². The lowest BCUT2D eigenvalue weighted by Crippen LogP contribution is -2.16. The lowest BCUT2D eigenvalue weighted by molar-refractivity contribution is 0.0698. The number of halogens is 1. The Morgan fingerprint density at radius 1 is 1.20 bits per heavy atom. The number of aromatic carboxylic acids is 1. The Hall–Kier alpha value is -2.56. The Morgan fingerprint density at radius 2 is 1.80 bits per heavy atom. The Kier molecular flexibility index (Phi) is 3.89. The largest absolute Gasteiger partial charge is 0.478 e. The maximum atomic E-state index is 13.0. The predicted octanol–water partition coefficient (Wildman–Crippen LogP) is 3.26. The van der Waals surface area contributed by atoms with E-state index in [-0.39, 0.29) is 17.1 Å². The van der Waals surface area contributed by atoms with Gasteiger partial charge in [-0.05, 0) is 49.4 Å². The third kappa shape index (κ3) is 2.71. The molecule has 0 saturated heterocycles. The van der Waals surface area contributed by atoms with E-state index in [9.17, 15) is 9.18 Å². The summed E-state index contributed by atoms with van der Waals surface area (Å²) in [6.45, 7) is 2.60. The van der Waals surface area contributed by atoms with E-state index < -0.39 is 5.97 Å². The van der Waals surface area contributed by atoms with Crippen LogP contribution in [-0.4, -0.2) is 17.6 Å². The second-order valence-corrected chi connectivity index (χ2v) is 4.30. The predicted molar refractivity (Wildman–Crippen MR) is 76.9 cm³/mol. The SMILES string of the molecule is CCN(c1ccc(F)cc1)c1ccc(C(=O)O)c(N)c1. The highest BCUT2D eigenvalue weighted by atomic mass is 19.1. The summed E-state index contributed by atoms with van der Waals surface area (Å²) in [7, 11) is 0. The summed E-state index contributed by atoms with van der Waals surface area (Å²) in [4.78, 5) is 12.9. The monoisotopic (exact) mass is 274 g/mol. The fourth-order valence-electron chi connectivity index (χ4n) is 2.05. The van der Waals surface area contributed by atoms with Crippen LogP contribution < -0.4 is 10.6 Å². The molecule has 5 heteroatoms. The average Bonchev–Trinajstić information content (AvgIpc) is 2.41. The van der Waals surface area contributed by atoms with Crippen molar-refractivity contribution in [3.05, 3.63) is 53.8 Å². The number of nitrogens with two attached hydrogens (primary N) is 1. The van der Waals surface area contributed by atoms with Crippen molar-refractivity contribution >= 4 is 23.0 Å². The molecule has 0 aliphatic heterocycles. The molecule has 0 atom stereocenters. The van der Waals surface area contributed by atoms with Crippen molar-refractivity contribution in [3.63, 3.8) is 0 Å². The van der Waals surface area contributed by atoms with Gasteiger partial charge in [-0.1, -0.05) is 0 Å². The first-order valence-electron chi connectivity index (χ1n) is 6.19. The molecule has 2 aromatic carbocycles. The molecule has 0 heterocycles. The first kappa shape index (κ1) is 13.9. The lowest BCUT2D eigenvalue weighted by Gasteiger charge is -2.24. The van der Waals surface area contributed by atoms with E-state index in [2.05, 4.69) is 0 Å². The van der Waals surface area contributed by atoms with Gasteiger partial charge >= 0.3 is 5.97 Å². The van der Waals surface area contributed by atoms with E-state index in [1.165, 1.54) is 18.2 Å². The molecule has 0 unspecified atom stereocenters. The molecule has 0 fully saturated rings. The molecule has 20 heavy (non-hydrogen) atoms. The molecule has 0 amide bonds. The van der Waals surface area contributed by atoms with E-state index in [0.717, 1.165) is 11.4 Å². The molecule has 0 radical (unpaired) electrons. The number of carbonyl (C=O) groups is 1. The third-order valence-electron chi connectivity index (χ3n) is 3.03. The second-order valence-electron chi connectivity index (χ2n) is 4.30. The number of carboxylic acids is 1. The fourth-order valence-corrected chi connectivity index (χ4v) is 2.05. The van der Waals surface area contributed by atoms with Gasteiger partial charge in [0.1, 0.15) is 5.82 Å². The van der Waals surface area contributed by atoms with Gasteiger partial charge in [-0.2, -0.15) is 0 Å². The Labute approximate surface area is 116 Å². The minimum absolute atomic E-state index is 0.0731. The van der Waals surface area contributed by atoms with Crippen molar-refractivity contribution in [1.29, 1.82) is 0 Å². The first-order chi connectivity index (χ1) is 9.52. The zero-order valence-corrected chi connectivity index (χ0v) is 11.0. The number of anilines is 3. The van der Waals surface area contributed by atoms with Gasteiger partial charge in [0.05, 0.1) is 5.56 Å². The van der Waals surface area contributed by atoms with Gasteiger partial charge in [0.25, 0.3) is 0 Å². The zero-order valence-electron chi connectivity index (χ0n) is 11.0. The van der Waals surface area contributed by atoms with Crippen LogP contribution in [0, 0.1) is 5.82 Å². The number of nitrogen functional groups attached to an aromatic ring is 1. The average molecular weight is 274 g/mol. The topological polar surface area (TPSA) is 66.6 Å². The Morgan fingerprint density at radius 3 is 2.30 bits per heavy atom. The van der Waals surface area contributed by atoms with Gasteiger partial charge in [0.15, 0.2) is 0 Å². The van der Waals surface area contributed by atoms with Gasteiger partial charge in [-0.15, -0.1) is 0 Å². The van der Waals surface area contributed by atoms with Crippen molar-refractivity contribution in [1.82, 2.24) is 0 Å². The molecule has 0 bridgehead atoms. The standard InChI is InChI=1S/C15H15FN2O2/c1-2-18(11-5-3-10(16)4-6-11)12-7-8-13(15(19)20)14(17)9-12/h3-9H,2,17H2,1H3,(H,19,20). The van der Waals surface area contributed by atoms with Gasteiger partial charge in [0, 0.05) is 23.6 Å². The summed E-state index contributed by atoms with van der Waals surface area (Å²) >= 11 is 0. The van der Waals surface area contributed by atoms with Crippen molar-refractivity contribution in [2.75, 3.05) is 17.2 Å². The maximum Gasteiger partial charge on any atom is 0.337 e. The number of hydrogen-bond acceptors (Lipinski definition) is 3. The Bertz CT molecular complexity index is 626. The van der Waals surface area contributed by atoms with Crippen molar-refractivity contribution in [2.24, 2.45) is 0 Å². The van der Waals surface area contributed by atoms with E-state index in [1.807, 2.05) is 11.8 Å². The van der Waals surface area contributed by atoms with Crippen LogP contribution in [-0.2, 0) is 0 Å². The Balaban J connectivity index is 2.39. The van der Waals surface area contributed by atoms with E-state index in [1.54, 1.807) is 24.3 Å². The van der Waals surface area contributed by atoms with Crippen molar-refractivity contribution in [3.8, 4) is 0 Å². The number of benzene rings is 2. The number of hydrogen-bond donors (Lipinski definition) is 2. The zero-order chi connectivity index (χ0) is 14.7. The second kappa shape index (κ2) is 5.61. The summed E-state index contributed by atoms with van der Waals surface area (Å²) < 4.78 is 13.0. The molecule has 0 spiro atoms. The van der Waals surface area contributed by atoms with Crippen LogP contribution in [0.4, 0.5) is 21.5 Å². The van der Waals surface area contributed by atoms with Crippen LogP contribution >= 0.6 is 0 Å². The summed E-state index contributed by atoms with van der Waals surface area (Å²) in [6, 6.07) is 10.9. The normalized spacial score (nSPS) is 10.3. The van der Waals surface area contributed by atoms with Crippen molar-refractivity contribution < 1.29 is 14.3 Å². The minimum Gasteiger partial charge on any atom is -0.478 e. The molecular weight excluding hydrogens is 259 g/mol. The summed E-state index contributed by atoms with van der Waals surface area (Å²) in [5.41, 5.74) is 7.61. The molecule has 0 aromatic heterocycles. The van der Waals surface area contributed by atoms with Gasteiger partial charge in [0.2, 0.25) is 0 Å². The molecule has 2 rings (SSSR count). The molecule has 2 aromatic rings. The lowest BCUT2D eigenvalue weighted by atomic mass is 10.1. The van der Waals surface area contributed by atoms with E-state index in [4.69, 9.17) is 10.8 Å². The van der Waals surface area contributed by atoms with E-state index in [0.29, 0.717) is 6.54 Å². The van der Waals surface area contributed by atoms with Crippen LogP contribution in [0.25, 0.3) is 0 Å². The highest BCUT2D eigenvalue weighted by molar-refractivity contribution is 5.94. The van der Waals surface area contributed by atoms with Gasteiger partial charge in [-0.3, -0.25) is 0 Å². The first-order valence-corrected chi connectivity index (χ1v) is 6.19. The fraction of sp³-hybridized carbons (Fsp3) is 0.133. The van der Waals surface area contributed by atoms with Crippen molar-refractivity contribution in [2.45, 2.75) is 6.92 Å². The molecule has 0 saturated carbocycles. The smallest absolute Gasteiger partial charge is 0.337 e. The van der Waals surface area contributed by atoms with E-state index >= 15 is 0 Å². The van der Waals surface area contributed by atoms with Crippen LogP contribution in [0.3, 0.4) is 0 Å². The molecule has 0 aliphatic rings. The number of rotatable bonds is 4. The molecule has 3 N–H and O–H groups in total. The van der Waals surface area contributed by atoms with Crippen LogP contribution in [0.5, 0.6) is 0 Å². The minimum atomic E-state index is -1.06. The maximum absolute atomic E-state index is 13.0. The van der Waals surface area contributed by atoms with Crippen LogP contribution in [0.1, 0.15) is 17.3 Å². The number of nitrogens with zero attached hydrogens (tertiary/aromatic N) is 1. The summed E-state index contributed by atoms with van der Waals surface area (Å²) in [5.74, 6) is -1.36. The van der Waals surface area contributed by atoms with Gasteiger partial charge in [-0.25, -0.2) is 9.18 Å². The summed E-state index contributed by atoms with van der Waals surface area (Å²) in [5, 5.41) is 8.96. The molecule has 4 nitrogen and oxygen atoms in total. The third-order valence-corrected chi connectivity index (χ3v) is 3.03. The molecule has 104 valence electrons. The molecule has 0 aliphatic carbocycles. The quantitative estimate of drug-likeness (QED) is 0.840. The highest BCUT2D eigenvalue weighted by Gasteiger charge is 2.12. The highest BCUT2D eigenvalue weighted by Crippen LogP contribution is 2.28. The number of carboxylic acid groups (broad SMARTS) is 1. The summed E-state index contributed by atoms with van der Waals surface area (Å²) in [6.07, 6.45) is 0. The van der Waals surface area contributed by atoms with Crippen LogP contribution in [0.2, 0.25) is 0 Å².